The van der Waals surface area contributed by atoms with Crippen LogP contribution >= 0.6 is 35.5 Å². The highest BCUT2D eigenvalue weighted by Crippen LogP contribution is 2.14. The number of nitrogens with two attached hydrogens (primary N) is 1. The molecule has 1 unspecified atom stereocenters. The normalized spacial score (nSPS) is 11.8. The second-order valence-electron chi connectivity index (χ2n) is 4.08. The van der Waals surface area contributed by atoms with Crippen molar-refractivity contribution in [1.29, 1.82) is 0 Å². The van der Waals surface area contributed by atoms with Crippen LogP contribution in [0.25, 0.3) is 0 Å². The molecular formula is C12H22ClN3OS2. The number of amides is 1. The van der Waals surface area contributed by atoms with Crippen LogP contribution in [0.5, 0.6) is 0 Å². The van der Waals surface area contributed by atoms with Crippen LogP contribution in [0.15, 0.2) is 5.38 Å². The van der Waals surface area contributed by atoms with E-state index in [4.69, 9.17) is 5.73 Å². The molecule has 7 heteroatoms. The molecule has 1 rings (SSSR count). The first kappa shape index (κ1) is 18.7. The maximum atomic E-state index is 12.2. The minimum atomic E-state index is -0.0139. The van der Waals surface area contributed by atoms with E-state index in [1.807, 2.05) is 18.8 Å². The number of halogens is 1. The molecule has 19 heavy (non-hydrogen) atoms. The van der Waals surface area contributed by atoms with Gasteiger partial charge in [-0.2, -0.15) is 11.8 Å². The fourth-order valence-electron chi connectivity index (χ4n) is 1.48. The van der Waals surface area contributed by atoms with Crippen molar-refractivity contribution in [2.45, 2.75) is 32.9 Å². The smallest absolute Gasteiger partial charge is 0.273 e. The van der Waals surface area contributed by atoms with E-state index < -0.39 is 0 Å². The van der Waals surface area contributed by atoms with Gasteiger partial charge >= 0.3 is 0 Å². The molecule has 0 aliphatic carbocycles. The average molecular weight is 324 g/mol. The molecule has 0 saturated carbocycles. The summed E-state index contributed by atoms with van der Waals surface area (Å²) in [5, 5.41) is 2.59. The fraction of sp³-hybridized carbons (Fsp3) is 0.667. The van der Waals surface area contributed by atoms with Gasteiger partial charge in [-0.25, -0.2) is 4.98 Å². The Hall–Kier alpha value is -0.300. The molecular weight excluding hydrogens is 302 g/mol. The summed E-state index contributed by atoms with van der Waals surface area (Å²) in [5.74, 6) is 2.19. The Morgan fingerprint density at radius 2 is 2.32 bits per heavy atom. The van der Waals surface area contributed by atoms with Crippen molar-refractivity contribution in [2.75, 3.05) is 18.6 Å². The van der Waals surface area contributed by atoms with Crippen LogP contribution in [-0.2, 0) is 6.54 Å². The fourth-order valence-corrected chi connectivity index (χ4v) is 2.92. The summed E-state index contributed by atoms with van der Waals surface area (Å²) in [5.41, 5.74) is 6.01. The van der Waals surface area contributed by atoms with Crippen LogP contribution in [-0.4, -0.2) is 40.4 Å². The molecule has 1 amide bonds. The quantitative estimate of drug-likeness (QED) is 0.784. The van der Waals surface area contributed by atoms with Crippen molar-refractivity contribution >= 4 is 41.4 Å². The predicted octanol–water partition coefficient (Wildman–Crippen LogP) is 2.63. The molecule has 1 aromatic heterocycles. The molecule has 1 aromatic rings. The van der Waals surface area contributed by atoms with E-state index in [0.717, 1.165) is 22.9 Å². The van der Waals surface area contributed by atoms with Gasteiger partial charge in [0.1, 0.15) is 10.7 Å². The Morgan fingerprint density at radius 1 is 1.63 bits per heavy atom. The zero-order valence-electron chi connectivity index (χ0n) is 11.6. The first-order valence-corrected chi connectivity index (χ1v) is 8.13. The Kier molecular flexibility index (Phi) is 9.43. The number of aromatic nitrogens is 1. The van der Waals surface area contributed by atoms with Gasteiger partial charge in [-0.3, -0.25) is 4.79 Å². The van der Waals surface area contributed by atoms with E-state index in [1.165, 1.54) is 11.3 Å². The van der Waals surface area contributed by atoms with Crippen LogP contribution in [0, 0.1) is 0 Å². The lowest BCUT2D eigenvalue weighted by molar-refractivity contribution is 0.0736. The van der Waals surface area contributed by atoms with Crippen molar-refractivity contribution < 1.29 is 4.79 Å². The second kappa shape index (κ2) is 9.58. The molecule has 0 aliphatic rings. The minimum Gasteiger partial charge on any atom is -0.338 e. The Bertz CT molecular complexity index is 387. The lowest BCUT2D eigenvalue weighted by Crippen LogP contribution is -2.35. The number of hydrogen-bond donors (Lipinski definition) is 1. The monoisotopic (exact) mass is 323 g/mol. The summed E-state index contributed by atoms with van der Waals surface area (Å²) in [4.78, 5) is 18.2. The van der Waals surface area contributed by atoms with Gasteiger partial charge < -0.3 is 10.6 Å². The maximum absolute atomic E-state index is 12.2. The highest BCUT2D eigenvalue weighted by molar-refractivity contribution is 7.99. The largest absolute Gasteiger partial charge is 0.338 e. The third-order valence-electron chi connectivity index (χ3n) is 2.81. The number of thiazole rings is 1. The Morgan fingerprint density at radius 3 is 2.84 bits per heavy atom. The summed E-state index contributed by atoms with van der Waals surface area (Å²) in [6.07, 6.45) is 1.01. The van der Waals surface area contributed by atoms with E-state index in [-0.39, 0.29) is 24.4 Å². The van der Waals surface area contributed by atoms with E-state index in [2.05, 4.69) is 18.8 Å². The van der Waals surface area contributed by atoms with E-state index in [1.54, 1.807) is 10.3 Å². The standard InChI is InChI=1S/C12H21N3OS2.ClH/c1-4-17-6-5-9(2)15(3)12(16)10-8-18-11(7-13)14-10;/h8-9H,4-7,13H2,1-3H3;1H. The first-order chi connectivity index (χ1) is 8.60. The van der Waals surface area contributed by atoms with Gasteiger partial charge in [-0.1, -0.05) is 6.92 Å². The van der Waals surface area contributed by atoms with Crippen LogP contribution in [0.1, 0.15) is 35.8 Å². The molecule has 0 spiro atoms. The van der Waals surface area contributed by atoms with Crippen LogP contribution < -0.4 is 5.73 Å². The summed E-state index contributed by atoms with van der Waals surface area (Å²) in [6.45, 7) is 4.61. The van der Waals surface area contributed by atoms with Crippen molar-refractivity contribution in [1.82, 2.24) is 9.88 Å². The highest BCUT2D eigenvalue weighted by Gasteiger charge is 2.19. The van der Waals surface area contributed by atoms with Gasteiger partial charge in [0.2, 0.25) is 0 Å². The number of carbonyl (C=O) groups is 1. The summed E-state index contributed by atoms with van der Waals surface area (Å²) >= 11 is 3.34. The third kappa shape index (κ3) is 5.69. The molecule has 0 aromatic carbocycles. The molecule has 0 aliphatic heterocycles. The van der Waals surface area contributed by atoms with Gasteiger partial charge in [0.15, 0.2) is 0 Å². The molecule has 4 nitrogen and oxygen atoms in total. The zero-order chi connectivity index (χ0) is 13.5. The SMILES string of the molecule is CCSCCC(C)N(C)C(=O)c1csc(CN)n1.Cl. The van der Waals surface area contributed by atoms with Gasteiger partial charge in [0, 0.05) is 25.0 Å². The van der Waals surface area contributed by atoms with Crippen molar-refractivity contribution in [2.24, 2.45) is 5.73 Å². The number of thioether (sulfide) groups is 1. The predicted molar refractivity (Wildman–Crippen MR) is 86.4 cm³/mol. The zero-order valence-corrected chi connectivity index (χ0v) is 14.0. The highest BCUT2D eigenvalue weighted by atomic mass is 35.5. The molecule has 0 fully saturated rings. The van der Waals surface area contributed by atoms with Crippen molar-refractivity contribution in [3.05, 3.63) is 16.1 Å². The molecule has 1 heterocycles. The first-order valence-electron chi connectivity index (χ1n) is 6.09. The van der Waals surface area contributed by atoms with Gasteiger partial charge in [0.25, 0.3) is 5.91 Å². The van der Waals surface area contributed by atoms with Crippen LogP contribution in [0.3, 0.4) is 0 Å². The lowest BCUT2D eigenvalue weighted by Gasteiger charge is -2.24. The molecule has 0 saturated heterocycles. The van der Waals surface area contributed by atoms with E-state index in [0.29, 0.717) is 12.2 Å². The number of nitrogens with zero attached hydrogens (tertiary/aromatic N) is 2. The number of rotatable bonds is 7. The van der Waals surface area contributed by atoms with Gasteiger partial charge in [0.05, 0.1) is 0 Å². The minimum absolute atomic E-state index is 0. The molecule has 0 bridgehead atoms. The van der Waals surface area contributed by atoms with Gasteiger partial charge in [-0.15, -0.1) is 23.7 Å². The van der Waals surface area contributed by atoms with Crippen molar-refractivity contribution in [3.63, 3.8) is 0 Å². The number of carbonyl (C=O) groups excluding carboxylic acids is 1. The van der Waals surface area contributed by atoms with E-state index in [9.17, 15) is 4.79 Å². The molecule has 0 radical (unpaired) electrons. The van der Waals surface area contributed by atoms with Crippen molar-refractivity contribution in [3.8, 4) is 0 Å². The summed E-state index contributed by atoms with van der Waals surface area (Å²) < 4.78 is 0. The van der Waals surface area contributed by atoms with Crippen LogP contribution in [0.4, 0.5) is 0 Å². The maximum Gasteiger partial charge on any atom is 0.273 e. The van der Waals surface area contributed by atoms with Crippen LogP contribution in [0.2, 0.25) is 0 Å². The molecule has 1 atom stereocenters. The lowest BCUT2D eigenvalue weighted by atomic mass is 10.2. The Balaban J connectivity index is 0.00000324. The average Bonchev–Trinajstić information content (AvgIpc) is 2.85. The van der Waals surface area contributed by atoms with E-state index >= 15 is 0 Å². The molecule has 110 valence electrons. The summed E-state index contributed by atoms with van der Waals surface area (Å²) in [7, 11) is 1.84. The third-order valence-corrected chi connectivity index (χ3v) is 4.61. The number of hydrogen-bond acceptors (Lipinski definition) is 5. The molecule has 2 N–H and O–H groups in total. The summed E-state index contributed by atoms with van der Waals surface area (Å²) in [6, 6.07) is 0.236. The van der Waals surface area contributed by atoms with Gasteiger partial charge in [-0.05, 0) is 24.9 Å². The second-order valence-corrected chi connectivity index (χ2v) is 6.42. The topological polar surface area (TPSA) is 59.2 Å². The Labute approximate surface area is 129 Å².